The van der Waals surface area contributed by atoms with Gasteiger partial charge in [0.2, 0.25) is 0 Å². The highest BCUT2D eigenvalue weighted by molar-refractivity contribution is 9.10. The first-order valence-electron chi connectivity index (χ1n) is 12.1. The van der Waals surface area contributed by atoms with Gasteiger partial charge in [-0.25, -0.2) is 10.4 Å². The van der Waals surface area contributed by atoms with Gasteiger partial charge in [0.05, 0.1) is 28.6 Å². The van der Waals surface area contributed by atoms with Crippen LogP contribution in [0.15, 0.2) is 123 Å². The Morgan fingerprint density at radius 1 is 0.949 bits per heavy atom. The van der Waals surface area contributed by atoms with Crippen LogP contribution in [0.25, 0.3) is 16.6 Å². The van der Waals surface area contributed by atoms with E-state index >= 15 is 0 Å². The molecule has 1 aromatic heterocycles. The molecule has 0 aliphatic carbocycles. The molecule has 0 spiro atoms. The summed E-state index contributed by atoms with van der Waals surface area (Å²) in [4.78, 5) is 30.5. The number of aromatic nitrogens is 2. The summed E-state index contributed by atoms with van der Waals surface area (Å²) in [5.74, 6) is 0.463. The van der Waals surface area contributed by atoms with Crippen LogP contribution in [0, 0.1) is 0 Å². The molecule has 0 saturated heterocycles. The van der Waals surface area contributed by atoms with Crippen molar-refractivity contribution in [1.29, 1.82) is 0 Å². The van der Waals surface area contributed by atoms with Crippen molar-refractivity contribution >= 4 is 50.7 Å². The standard InChI is InChI=1S/C30H23BrN4O3S/c31-23-12-14-24(15-13-23)35-29(37)26-8-4-5-9-27(26)33-30(35)39-20-28(36)34-32-18-21-10-16-25(17-11-21)38-19-22-6-2-1-3-7-22/h1-18H,19-20H2,(H,34,36)/b32-18+. The number of hydrogen-bond acceptors (Lipinski definition) is 6. The first-order valence-corrected chi connectivity index (χ1v) is 13.8. The molecular formula is C30H23BrN4O3S. The fraction of sp³-hybridized carbons (Fsp3) is 0.0667. The average molecular weight is 600 g/mol. The van der Waals surface area contributed by atoms with Crippen molar-refractivity contribution in [3.05, 3.63) is 129 Å². The maximum absolute atomic E-state index is 13.3. The number of ether oxygens (including phenoxy) is 1. The van der Waals surface area contributed by atoms with Crippen LogP contribution in [0.2, 0.25) is 0 Å². The SMILES string of the molecule is O=C(CSc1nc2ccccc2c(=O)n1-c1ccc(Br)cc1)N/N=C/c1ccc(OCc2ccccc2)cc1. The minimum atomic E-state index is -0.316. The van der Waals surface area contributed by atoms with Crippen molar-refractivity contribution in [1.82, 2.24) is 15.0 Å². The van der Waals surface area contributed by atoms with E-state index in [4.69, 9.17) is 4.74 Å². The predicted octanol–water partition coefficient (Wildman–Crippen LogP) is 5.97. The third-order valence-electron chi connectivity index (χ3n) is 5.69. The number of carbonyl (C=O) groups excluding carboxylic acids is 1. The highest BCUT2D eigenvalue weighted by Crippen LogP contribution is 2.22. The zero-order valence-corrected chi connectivity index (χ0v) is 23.1. The number of benzene rings is 4. The lowest BCUT2D eigenvalue weighted by molar-refractivity contribution is -0.118. The maximum atomic E-state index is 13.3. The first-order chi connectivity index (χ1) is 19.1. The molecule has 0 fully saturated rings. The van der Waals surface area contributed by atoms with Gasteiger partial charge in [-0.2, -0.15) is 5.10 Å². The van der Waals surface area contributed by atoms with E-state index in [0.717, 1.165) is 21.3 Å². The van der Waals surface area contributed by atoms with Crippen LogP contribution in [0.1, 0.15) is 11.1 Å². The van der Waals surface area contributed by atoms with Crippen LogP contribution in [0.3, 0.4) is 0 Å². The van der Waals surface area contributed by atoms with Crippen LogP contribution in [-0.2, 0) is 11.4 Å². The minimum absolute atomic E-state index is 0.0327. The van der Waals surface area contributed by atoms with E-state index in [1.54, 1.807) is 24.4 Å². The second-order valence-corrected chi connectivity index (χ2v) is 10.3. The van der Waals surface area contributed by atoms with Crippen molar-refractivity contribution in [2.24, 2.45) is 5.10 Å². The molecule has 5 aromatic rings. The summed E-state index contributed by atoms with van der Waals surface area (Å²) >= 11 is 4.60. The summed E-state index contributed by atoms with van der Waals surface area (Å²) in [5, 5.41) is 4.99. The Bertz CT molecular complexity index is 1670. The van der Waals surface area contributed by atoms with Crippen molar-refractivity contribution in [2.45, 2.75) is 11.8 Å². The smallest absolute Gasteiger partial charge is 0.266 e. The Morgan fingerprint density at radius 3 is 2.44 bits per heavy atom. The molecule has 4 aromatic carbocycles. The van der Waals surface area contributed by atoms with Crippen molar-refractivity contribution < 1.29 is 9.53 Å². The average Bonchev–Trinajstić information content (AvgIpc) is 2.97. The van der Waals surface area contributed by atoms with Gasteiger partial charge in [-0.3, -0.25) is 14.2 Å². The molecule has 0 aliphatic rings. The van der Waals surface area contributed by atoms with E-state index in [0.29, 0.717) is 28.4 Å². The second-order valence-electron chi connectivity index (χ2n) is 8.45. The van der Waals surface area contributed by atoms with Gasteiger partial charge in [-0.15, -0.1) is 0 Å². The van der Waals surface area contributed by atoms with Gasteiger partial charge < -0.3 is 4.74 Å². The monoisotopic (exact) mass is 598 g/mol. The van der Waals surface area contributed by atoms with E-state index in [2.05, 4.69) is 31.4 Å². The molecular weight excluding hydrogens is 576 g/mol. The molecule has 0 unspecified atom stereocenters. The van der Waals surface area contributed by atoms with Gasteiger partial charge in [0.25, 0.3) is 11.5 Å². The predicted molar refractivity (Wildman–Crippen MR) is 159 cm³/mol. The van der Waals surface area contributed by atoms with Gasteiger partial charge in [0, 0.05) is 4.47 Å². The molecule has 7 nitrogen and oxygen atoms in total. The van der Waals surface area contributed by atoms with Crippen LogP contribution < -0.4 is 15.7 Å². The van der Waals surface area contributed by atoms with Gasteiger partial charge >= 0.3 is 0 Å². The quantitative estimate of drug-likeness (QED) is 0.0977. The Hall–Kier alpha value is -4.21. The molecule has 5 rings (SSSR count). The fourth-order valence-electron chi connectivity index (χ4n) is 3.76. The van der Waals surface area contributed by atoms with Crippen LogP contribution in [0.5, 0.6) is 5.75 Å². The van der Waals surface area contributed by atoms with Crippen molar-refractivity contribution in [3.63, 3.8) is 0 Å². The van der Waals surface area contributed by atoms with Gasteiger partial charge in [-0.1, -0.05) is 70.2 Å². The Balaban J connectivity index is 1.22. The number of fused-ring (bicyclic) bond motifs is 1. The zero-order chi connectivity index (χ0) is 27.0. The number of halogens is 1. The molecule has 0 radical (unpaired) electrons. The molecule has 0 bridgehead atoms. The van der Waals surface area contributed by atoms with Gasteiger partial charge in [-0.05, 0) is 71.8 Å². The summed E-state index contributed by atoms with van der Waals surface area (Å²) < 4.78 is 8.22. The molecule has 39 heavy (non-hydrogen) atoms. The number of carbonyl (C=O) groups is 1. The third kappa shape index (κ3) is 6.81. The third-order valence-corrected chi connectivity index (χ3v) is 7.16. The summed E-state index contributed by atoms with van der Waals surface area (Å²) in [6, 6.07) is 31.9. The summed E-state index contributed by atoms with van der Waals surface area (Å²) in [7, 11) is 0. The number of amides is 1. The van der Waals surface area contributed by atoms with Crippen molar-refractivity contribution in [3.8, 4) is 11.4 Å². The number of para-hydroxylation sites is 1. The molecule has 1 N–H and O–H groups in total. The van der Waals surface area contributed by atoms with E-state index in [9.17, 15) is 9.59 Å². The van der Waals surface area contributed by atoms with E-state index in [-0.39, 0.29) is 17.2 Å². The summed E-state index contributed by atoms with van der Waals surface area (Å²) in [6.07, 6.45) is 1.57. The first kappa shape index (κ1) is 26.4. The molecule has 0 atom stereocenters. The normalized spacial score (nSPS) is 11.1. The summed E-state index contributed by atoms with van der Waals surface area (Å²) in [5.41, 5.74) is 5.50. The molecule has 1 heterocycles. The van der Waals surface area contributed by atoms with E-state index < -0.39 is 0 Å². The lowest BCUT2D eigenvalue weighted by atomic mass is 10.2. The van der Waals surface area contributed by atoms with Crippen LogP contribution in [-0.4, -0.2) is 27.4 Å². The molecule has 0 saturated carbocycles. The largest absolute Gasteiger partial charge is 0.489 e. The Morgan fingerprint density at radius 2 is 1.67 bits per heavy atom. The maximum Gasteiger partial charge on any atom is 0.266 e. The number of hydrazone groups is 1. The number of nitrogens with zero attached hydrogens (tertiary/aromatic N) is 3. The Labute approximate surface area is 237 Å². The fourth-order valence-corrected chi connectivity index (χ4v) is 4.83. The number of rotatable bonds is 9. The van der Waals surface area contributed by atoms with E-state index in [1.807, 2.05) is 84.9 Å². The lowest BCUT2D eigenvalue weighted by Crippen LogP contribution is -2.24. The highest BCUT2D eigenvalue weighted by Gasteiger charge is 2.14. The molecule has 0 aliphatic heterocycles. The van der Waals surface area contributed by atoms with Crippen molar-refractivity contribution in [2.75, 3.05) is 5.75 Å². The zero-order valence-electron chi connectivity index (χ0n) is 20.7. The van der Waals surface area contributed by atoms with Crippen LogP contribution in [0.4, 0.5) is 0 Å². The topological polar surface area (TPSA) is 85.6 Å². The molecule has 194 valence electrons. The molecule has 9 heteroatoms. The van der Waals surface area contributed by atoms with Gasteiger partial charge in [0.15, 0.2) is 5.16 Å². The second kappa shape index (κ2) is 12.6. The molecule has 1 amide bonds. The van der Waals surface area contributed by atoms with E-state index in [1.165, 1.54) is 16.3 Å². The number of nitrogens with one attached hydrogen (secondary N) is 1. The number of hydrogen-bond donors (Lipinski definition) is 1. The highest BCUT2D eigenvalue weighted by atomic mass is 79.9. The van der Waals surface area contributed by atoms with Gasteiger partial charge in [0.1, 0.15) is 12.4 Å². The van der Waals surface area contributed by atoms with Crippen LogP contribution >= 0.6 is 27.7 Å². The number of thioether (sulfide) groups is 1. The minimum Gasteiger partial charge on any atom is -0.489 e. The Kier molecular flexibility index (Phi) is 8.50. The lowest BCUT2D eigenvalue weighted by Gasteiger charge is -2.13. The summed E-state index contributed by atoms with van der Waals surface area (Å²) in [6.45, 7) is 0.490.